The standard InChI is InChI=1S/C22H26N6O2S/c1-15-13-19(16(2)27(15)24-21(30)17-9-5-3-6-10-17)20(29)14-31-22-23-25-26-28(22)18-11-7-4-8-12-18/h3,5-6,9-10,13,18H,4,7-8,11-12,14H2,1-2H3,(H,24,30). The highest BCUT2D eigenvalue weighted by molar-refractivity contribution is 7.99. The SMILES string of the molecule is Cc1cc(C(=O)CSc2nnnn2C2CCCCC2)c(C)n1NC(=O)c1ccccc1. The van der Waals surface area contributed by atoms with Crippen molar-refractivity contribution in [3.8, 4) is 0 Å². The fraction of sp³-hybridized carbons (Fsp3) is 0.409. The molecule has 2 heterocycles. The van der Waals surface area contributed by atoms with Gasteiger partial charge in [0.1, 0.15) is 0 Å². The van der Waals surface area contributed by atoms with Crippen molar-refractivity contribution in [2.45, 2.75) is 57.1 Å². The number of ketones is 1. The van der Waals surface area contributed by atoms with Crippen molar-refractivity contribution in [2.24, 2.45) is 0 Å². The second-order valence-electron chi connectivity index (χ2n) is 7.84. The Kier molecular flexibility index (Phi) is 6.50. The molecule has 1 aliphatic rings. The minimum atomic E-state index is -0.220. The van der Waals surface area contributed by atoms with Gasteiger partial charge < -0.3 is 0 Å². The fourth-order valence-electron chi connectivity index (χ4n) is 4.02. The topological polar surface area (TPSA) is 94.7 Å². The van der Waals surface area contributed by atoms with E-state index in [0.29, 0.717) is 28.0 Å². The Bertz CT molecular complexity index is 1070. The van der Waals surface area contributed by atoms with Gasteiger partial charge in [-0.1, -0.05) is 49.2 Å². The van der Waals surface area contributed by atoms with Crippen molar-refractivity contribution < 1.29 is 9.59 Å². The first-order chi connectivity index (χ1) is 15.0. The third-order valence-electron chi connectivity index (χ3n) is 5.70. The highest BCUT2D eigenvalue weighted by atomic mass is 32.2. The molecule has 9 heteroatoms. The Labute approximate surface area is 185 Å². The van der Waals surface area contributed by atoms with Crippen molar-refractivity contribution in [1.29, 1.82) is 0 Å². The number of rotatable bonds is 7. The van der Waals surface area contributed by atoms with Gasteiger partial charge in [-0.3, -0.25) is 19.7 Å². The molecule has 0 atom stereocenters. The lowest BCUT2D eigenvalue weighted by Crippen LogP contribution is -2.25. The molecule has 0 unspecified atom stereocenters. The van der Waals surface area contributed by atoms with Gasteiger partial charge in [-0.15, -0.1) is 5.10 Å². The number of Topliss-reactive ketones (excluding diaryl/α,β-unsaturated/α-hetero) is 1. The van der Waals surface area contributed by atoms with Gasteiger partial charge in [0.25, 0.3) is 5.91 Å². The molecule has 8 nitrogen and oxygen atoms in total. The Hall–Kier alpha value is -2.94. The van der Waals surface area contributed by atoms with Gasteiger partial charge in [-0.25, -0.2) is 4.68 Å². The van der Waals surface area contributed by atoms with E-state index < -0.39 is 0 Å². The van der Waals surface area contributed by atoms with Gasteiger partial charge in [0, 0.05) is 22.5 Å². The molecule has 0 saturated heterocycles. The zero-order valence-corrected chi connectivity index (χ0v) is 18.6. The summed E-state index contributed by atoms with van der Waals surface area (Å²) in [7, 11) is 0. The first-order valence-electron chi connectivity index (χ1n) is 10.5. The average Bonchev–Trinajstić information content (AvgIpc) is 3.38. The molecule has 0 spiro atoms. The van der Waals surface area contributed by atoms with E-state index in [1.165, 1.54) is 31.0 Å². The summed E-state index contributed by atoms with van der Waals surface area (Å²) >= 11 is 1.37. The first kappa shape index (κ1) is 21.3. The van der Waals surface area contributed by atoms with Crippen LogP contribution in [-0.2, 0) is 0 Å². The lowest BCUT2D eigenvalue weighted by molar-refractivity contribution is 0.0999. The van der Waals surface area contributed by atoms with Crippen LogP contribution in [0.15, 0.2) is 41.6 Å². The second kappa shape index (κ2) is 9.47. The predicted octanol–water partition coefficient (Wildman–Crippen LogP) is 3.96. The minimum absolute atomic E-state index is 0.0171. The molecular formula is C22H26N6O2S. The number of hydrogen-bond acceptors (Lipinski definition) is 6. The Morgan fingerprint density at radius 1 is 1.13 bits per heavy atom. The number of benzene rings is 1. The molecular weight excluding hydrogens is 412 g/mol. The maximum Gasteiger partial charge on any atom is 0.270 e. The van der Waals surface area contributed by atoms with E-state index in [0.717, 1.165) is 18.5 Å². The number of carbonyl (C=O) groups is 2. The van der Waals surface area contributed by atoms with Crippen molar-refractivity contribution in [3.63, 3.8) is 0 Å². The Morgan fingerprint density at radius 2 is 1.87 bits per heavy atom. The Balaban J connectivity index is 1.43. The lowest BCUT2D eigenvalue weighted by Gasteiger charge is -2.21. The van der Waals surface area contributed by atoms with Crippen LogP contribution >= 0.6 is 11.8 Å². The molecule has 4 rings (SSSR count). The van der Waals surface area contributed by atoms with Crippen LogP contribution < -0.4 is 5.43 Å². The molecule has 1 fully saturated rings. The van der Waals surface area contributed by atoms with Crippen LogP contribution in [0, 0.1) is 13.8 Å². The molecule has 0 bridgehead atoms. The quantitative estimate of drug-likeness (QED) is 0.443. The molecule has 3 aromatic rings. The van der Waals surface area contributed by atoms with E-state index >= 15 is 0 Å². The molecule has 31 heavy (non-hydrogen) atoms. The summed E-state index contributed by atoms with van der Waals surface area (Å²) in [5.41, 5.74) is 5.53. The number of nitrogens with zero attached hydrogens (tertiary/aromatic N) is 5. The van der Waals surface area contributed by atoms with Crippen LogP contribution in [0.1, 0.15) is 70.2 Å². The number of aryl methyl sites for hydroxylation is 1. The van der Waals surface area contributed by atoms with Crippen LogP contribution in [0.25, 0.3) is 0 Å². The summed E-state index contributed by atoms with van der Waals surface area (Å²) < 4.78 is 3.54. The van der Waals surface area contributed by atoms with Crippen molar-refractivity contribution in [1.82, 2.24) is 24.9 Å². The third kappa shape index (κ3) is 4.71. The number of aromatic nitrogens is 5. The largest absolute Gasteiger partial charge is 0.293 e. The minimum Gasteiger partial charge on any atom is -0.293 e. The van der Waals surface area contributed by atoms with Gasteiger partial charge in [-0.2, -0.15) is 0 Å². The smallest absolute Gasteiger partial charge is 0.270 e. The maximum atomic E-state index is 12.9. The van der Waals surface area contributed by atoms with Crippen molar-refractivity contribution >= 4 is 23.5 Å². The molecule has 1 aliphatic carbocycles. The van der Waals surface area contributed by atoms with E-state index in [1.54, 1.807) is 16.8 Å². The van der Waals surface area contributed by atoms with Crippen molar-refractivity contribution in [2.75, 3.05) is 11.2 Å². The number of tetrazole rings is 1. The number of thioether (sulfide) groups is 1. The van der Waals surface area contributed by atoms with Crippen LogP contribution in [-0.4, -0.2) is 42.3 Å². The molecule has 0 aliphatic heterocycles. The Morgan fingerprint density at radius 3 is 2.61 bits per heavy atom. The van der Waals surface area contributed by atoms with E-state index in [1.807, 2.05) is 42.8 Å². The van der Waals surface area contributed by atoms with Gasteiger partial charge in [-0.05, 0) is 55.3 Å². The predicted molar refractivity (Wildman–Crippen MR) is 119 cm³/mol. The zero-order chi connectivity index (χ0) is 21.8. The van der Waals surface area contributed by atoms with E-state index in [-0.39, 0.29) is 17.4 Å². The van der Waals surface area contributed by atoms with Crippen LogP contribution in [0.4, 0.5) is 0 Å². The average molecular weight is 439 g/mol. The summed E-state index contributed by atoms with van der Waals surface area (Å²) in [6.45, 7) is 3.70. The first-order valence-corrected chi connectivity index (χ1v) is 11.5. The summed E-state index contributed by atoms with van der Waals surface area (Å²) in [4.78, 5) is 25.5. The van der Waals surface area contributed by atoms with Gasteiger partial charge in [0.05, 0.1) is 11.8 Å². The molecule has 1 N–H and O–H groups in total. The van der Waals surface area contributed by atoms with E-state index in [2.05, 4.69) is 21.0 Å². The zero-order valence-electron chi connectivity index (χ0n) is 17.7. The lowest BCUT2D eigenvalue weighted by atomic mass is 9.96. The summed E-state index contributed by atoms with van der Waals surface area (Å²) in [6.07, 6.45) is 5.79. The summed E-state index contributed by atoms with van der Waals surface area (Å²) in [5.74, 6) is 0.00300. The van der Waals surface area contributed by atoms with Crippen molar-refractivity contribution in [3.05, 3.63) is 58.9 Å². The van der Waals surface area contributed by atoms with Gasteiger partial charge >= 0.3 is 0 Å². The fourth-order valence-corrected chi connectivity index (χ4v) is 4.84. The molecule has 162 valence electrons. The molecule has 0 radical (unpaired) electrons. The highest BCUT2D eigenvalue weighted by Crippen LogP contribution is 2.30. The third-order valence-corrected chi connectivity index (χ3v) is 6.63. The second-order valence-corrected chi connectivity index (χ2v) is 8.78. The van der Waals surface area contributed by atoms with Crippen LogP contribution in [0.5, 0.6) is 0 Å². The van der Waals surface area contributed by atoms with E-state index in [9.17, 15) is 9.59 Å². The van der Waals surface area contributed by atoms with Crippen LogP contribution in [0.2, 0.25) is 0 Å². The van der Waals surface area contributed by atoms with Gasteiger partial charge in [0.2, 0.25) is 5.16 Å². The number of nitrogens with one attached hydrogen (secondary N) is 1. The highest BCUT2D eigenvalue weighted by Gasteiger charge is 2.22. The normalized spacial score (nSPS) is 14.5. The number of carbonyl (C=O) groups excluding carboxylic acids is 2. The molecule has 1 amide bonds. The number of hydrogen-bond donors (Lipinski definition) is 1. The summed E-state index contributed by atoms with van der Waals surface area (Å²) in [5, 5.41) is 12.8. The van der Waals surface area contributed by atoms with Gasteiger partial charge in [0.15, 0.2) is 5.78 Å². The maximum absolute atomic E-state index is 12.9. The van der Waals surface area contributed by atoms with E-state index in [4.69, 9.17) is 0 Å². The molecule has 2 aromatic heterocycles. The number of amides is 1. The monoisotopic (exact) mass is 438 g/mol. The molecule has 1 saturated carbocycles. The molecule has 1 aromatic carbocycles. The van der Waals surface area contributed by atoms with Crippen LogP contribution in [0.3, 0.4) is 0 Å². The summed E-state index contributed by atoms with van der Waals surface area (Å²) in [6, 6.07) is 11.1.